The van der Waals surface area contributed by atoms with Crippen LogP contribution in [-0.2, 0) is 0 Å². The summed E-state index contributed by atoms with van der Waals surface area (Å²) in [6.45, 7) is 0. The summed E-state index contributed by atoms with van der Waals surface area (Å²) in [5.41, 5.74) is -0.773. The maximum Gasteiger partial charge on any atom is 0.573 e. The second kappa shape index (κ2) is 4.94. The molecule has 1 rings (SSSR count). The van der Waals surface area contributed by atoms with Gasteiger partial charge >= 0.3 is 12.3 Å². The highest BCUT2D eigenvalue weighted by Crippen LogP contribution is 2.32. The molecule has 17 heavy (non-hydrogen) atoms. The molecule has 0 unspecified atom stereocenters. The Bertz CT molecular complexity index is 449. The van der Waals surface area contributed by atoms with Crippen molar-refractivity contribution in [2.24, 2.45) is 0 Å². The first-order valence-electron chi connectivity index (χ1n) is 3.98. The standard InChI is InChI=1S/C8H5F3INO4/c1-16-6-5(7(14)15)3(2-4(12)13-6)17-8(9,10)11/h2H,1H3,(H,14,15). The Morgan fingerprint density at radius 1 is 1.53 bits per heavy atom. The molecule has 0 aliphatic rings. The van der Waals surface area contributed by atoms with Gasteiger partial charge in [0.25, 0.3) is 0 Å². The number of halogens is 4. The lowest BCUT2D eigenvalue weighted by atomic mass is 10.2. The van der Waals surface area contributed by atoms with Crippen LogP contribution in [0.5, 0.6) is 11.6 Å². The van der Waals surface area contributed by atoms with Crippen molar-refractivity contribution in [1.29, 1.82) is 0 Å². The number of hydrogen-bond donors (Lipinski definition) is 1. The molecule has 0 fully saturated rings. The first-order valence-corrected chi connectivity index (χ1v) is 5.06. The van der Waals surface area contributed by atoms with Crippen molar-refractivity contribution in [3.63, 3.8) is 0 Å². The number of carboxylic acid groups (broad SMARTS) is 1. The fourth-order valence-electron chi connectivity index (χ4n) is 1.02. The highest BCUT2D eigenvalue weighted by molar-refractivity contribution is 14.1. The van der Waals surface area contributed by atoms with E-state index in [4.69, 9.17) is 5.11 Å². The Morgan fingerprint density at radius 2 is 2.12 bits per heavy atom. The van der Waals surface area contributed by atoms with Gasteiger partial charge in [-0.25, -0.2) is 9.78 Å². The fourth-order valence-corrected chi connectivity index (χ4v) is 1.52. The van der Waals surface area contributed by atoms with Gasteiger partial charge in [-0.15, -0.1) is 13.2 Å². The molecule has 1 aromatic heterocycles. The van der Waals surface area contributed by atoms with E-state index >= 15 is 0 Å². The lowest BCUT2D eigenvalue weighted by Crippen LogP contribution is -2.20. The summed E-state index contributed by atoms with van der Waals surface area (Å²) in [4.78, 5) is 14.5. The normalized spacial score (nSPS) is 11.1. The number of carboxylic acids is 1. The number of hydrogen-bond acceptors (Lipinski definition) is 4. The van der Waals surface area contributed by atoms with Crippen LogP contribution >= 0.6 is 22.6 Å². The highest BCUT2D eigenvalue weighted by atomic mass is 127. The molecule has 0 amide bonds. The maximum absolute atomic E-state index is 12.1. The van der Waals surface area contributed by atoms with E-state index in [0.717, 1.165) is 13.2 Å². The molecule has 0 saturated carbocycles. The molecule has 94 valence electrons. The zero-order chi connectivity index (χ0) is 13.2. The molecule has 0 radical (unpaired) electrons. The van der Waals surface area contributed by atoms with Crippen LogP contribution in [0.3, 0.4) is 0 Å². The van der Waals surface area contributed by atoms with Gasteiger partial charge in [0, 0.05) is 6.07 Å². The van der Waals surface area contributed by atoms with E-state index in [-0.39, 0.29) is 3.70 Å². The first-order chi connectivity index (χ1) is 7.74. The lowest BCUT2D eigenvalue weighted by Gasteiger charge is -2.13. The third kappa shape index (κ3) is 3.61. The number of carbonyl (C=O) groups is 1. The van der Waals surface area contributed by atoms with Crippen LogP contribution in [0.25, 0.3) is 0 Å². The van der Waals surface area contributed by atoms with Crippen LogP contribution < -0.4 is 9.47 Å². The molecule has 0 aliphatic heterocycles. The molecule has 1 N–H and O–H groups in total. The molecule has 0 atom stereocenters. The maximum atomic E-state index is 12.1. The van der Waals surface area contributed by atoms with Gasteiger partial charge in [-0.3, -0.25) is 0 Å². The number of rotatable bonds is 3. The van der Waals surface area contributed by atoms with Crippen molar-refractivity contribution in [1.82, 2.24) is 4.98 Å². The second-order valence-corrected chi connectivity index (χ2v) is 3.79. The predicted octanol–water partition coefficient (Wildman–Crippen LogP) is 2.29. The average Bonchev–Trinajstić information content (AvgIpc) is 2.12. The topological polar surface area (TPSA) is 68.7 Å². The summed E-state index contributed by atoms with van der Waals surface area (Å²) in [5, 5.41) is 8.80. The Hall–Kier alpha value is -1.26. The van der Waals surface area contributed by atoms with Crippen LogP contribution in [0.15, 0.2) is 6.07 Å². The van der Waals surface area contributed by atoms with Crippen molar-refractivity contribution < 1.29 is 32.5 Å². The van der Waals surface area contributed by atoms with E-state index in [9.17, 15) is 18.0 Å². The summed E-state index contributed by atoms with van der Waals surface area (Å²) >= 11 is 1.61. The second-order valence-electron chi connectivity index (χ2n) is 2.68. The number of alkyl halides is 3. The number of methoxy groups -OCH3 is 1. The van der Waals surface area contributed by atoms with E-state index < -0.39 is 29.5 Å². The number of ether oxygens (including phenoxy) is 2. The van der Waals surface area contributed by atoms with Crippen molar-refractivity contribution >= 4 is 28.6 Å². The Balaban J connectivity index is 3.35. The summed E-state index contributed by atoms with van der Waals surface area (Å²) < 4.78 is 44.5. The average molecular weight is 363 g/mol. The first kappa shape index (κ1) is 13.8. The van der Waals surface area contributed by atoms with Gasteiger partial charge in [-0.05, 0) is 22.6 Å². The molecule has 9 heteroatoms. The third-order valence-electron chi connectivity index (χ3n) is 1.55. The molecule has 0 aromatic carbocycles. The largest absolute Gasteiger partial charge is 0.573 e. The van der Waals surface area contributed by atoms with Crippen LogP contribution in [-0.4, -0.2) is 29.5 Å². The van der Waals surface area contributed by atoms with Gasteiger partial charge in [-0.2, -0.15) is 0 Å². The Labute approximate surface area is 107 Å². The minimum absolute atomic E-state index is 0.115. The number of aromatic nitrogens is 1. The van der Waals surface area contributed by atoms with Crippen LogP contribution in [0, 0.1) is 3.70 Å². The fraction of sp³-hybridized carbons (Fsp3) is 0.250. The molecule has 0 spiro atoms. The van der Waals surface area contributed by atoms with Crippen LogP contribution in [0.1, 0.15) is 10.4 Å². The quantitative estimate of drug-likeness (QED) is 0.660. The third-order valence-corrected chi connectivity index (χ3v) is 2.10. The van der Waals surface area contributed by atoms with Gasteiger partial charge in [-0.1, -0.05) is 0 Å². The van der Waals surface area contributed by atoms with Crippen LogP contribution in [0.4, 0.5) is 13.2 Å². The summed E-state index contributed by atoms with van der Waals surface area (Å²) in [6, 6.07) is 0.861. The van der Waals surface area contributed by atoms with E-state index in [1.165, 1.54) is 0 Å². The summed E-state index contributed by atoms with van der Waals surface area (Å²) in [7, 11) is 1.10. The Morgan fingerprint density at radius 3 is 2.53 bits per heavy atom. The van der Waals surface area contributed by atoms with Crippen molar-refractivity contribution in [3.8, 4) is 11.6 Å². The number of nitrogens with zero attached hydrogens (tertiary/aromatic N) is 1. The van der Waals surface area contributed by atoms with E-state index in [1.54, 1.807) is 22.6 Å². The minimum Gasteiger partial charge on any atom is -0.480 e. The SMILES string of the molecule is COc1nc(I)cc(OC(F)(F)F)c1C(=O)O. The molecule has 1 heterocycles. The van der Waals surface area contributed by atoms with E-state index in [2.05, 4.69) is 14.5 Å². The molecular formula is C8H5F3INO4. The van der Waals surface area contributed by atoms with Gasteiger partial charge in [0.05, 0.1) is 7.11 Å². The number of pyridine rings is 1. The summed E-state index contributed by atoms with van der Waals surface area (Å²) in [6.07, 6.45) is -4.99. The van der Waals surface area contributed by atoms with Crippen molar-refractivity contribution in [3.05, 3.63) is 15.3 Å². The molecule has 0 saturated heterocycles. The molecule has 0 aliphatic carbocycles. The van der Waals surface area contributed by atoms with Crippen molar-refractivity contribution in [2.75, 3.05) is 7.11 Å². The zero-order valence-corrected chi connectivity index (χ0v) is 10.4. The smallest absolute Gasteiger partial charge is 0.480 e. The van der Waals surface area contributed by atoms with Gasteiger partial charge in [0.1, 0.15) is 3.70 Å². The van der Waals surface area contributed by atoms with Gasteiger partial charge in [0.15, 0.2) is 11.3 Å². The van der Waals surface area contributed by atoms with Gasteiger partial charge in [0.2, 0.25) is 5.88 Å². The summed E-state index contributed by atoms with van der Waals surface area (Å²) in [5.74, 6) is -2.92. The molecule has 0 bridgehead atoms. The Kier molecular flexibility index (Phi) is 4.01. The van der Waals surface area contributed by atoms with E-state index in [1.807, 2.05) is 0 Å². The zero-order valence-electron chi connectivity index (χ0n) is 8.21. The molecule has 5 nitrogen and oxygen atoms in total. The molecule has 1 aromatic rings. The number of aromatic carboxylic acids is 1. The van der Waals surface area contributed by atoms with Gasteiger partial charge < -0.3 is 14.6 Å². The van der Waals surface area contributed by atoms with E-state index in [0.29, 0.717) is 0 Å². The predicted molar refractivity (Wildman–Crippen MR) is 57.1 cm³/mol. The monoisotopic (exact) mass is 363 g/mol. The molecular weight excluding hydrogens is 358 g/mol. The minimum atomic E-state index is -4.99. The van der Waals surface area contributed by atoms with Crippen LogP contribution in [0.2, 0.25) is 0 Å². The van der Waals surface area contributed by atoms with Crippen molar-refractivity contribution in [2.45, 2.75) is 6.36 Å². The highest BCUT2D eigenvalue weighted by Gasteiger charge is 2.34. The lowest BCUT2D eigenvalue weighted by molar-refractivity contribution is -0.274.